The van der Waals surface area contributed by atoms with Crippen molar-refractivity contribution < 1.29 is 14.3 Å². The molecule has 3 aromatic heterocycles. The van der Waals surface area contributed by atoms with Crippen LogP contribution in [-0.4, -0.2) is 34.1 Å². The number of hydrogen-bond acceptors (Lipinski definition) is 5. The topological polar surface area (TPSA) is 89.1 Å². The Morgan fingerprint density at radius 1 is 0.865 bits per heavy atom. The Kier molecular flexibility index (Phi) is 6.12. The normalized spacial score (nSPS) is 14.8. The summed E-state index contributed by atoms with van der Waals surface area (Å²) >= 11 is 0. The first-order valence-electron chi connectivity index (χ1n) is 12.3. The number of carbonyl (C=O) groups excluding carboxylic acids is 1. The van der Waals surface area contributed by atoms with Crippen molar-refractivity contribution in [3.63, 3.8) is 0 Å². The molecule has 0 bridgehead atoms. The van der Waals surface area contributed by atoms with Gasteiger partial charge in [-0.25, -0.2) is 9.97 Å². The van der Waals surface area contributed by atoms with Gasteiger partial charge in [-0.3, -0.25) is 4.79 Å². The fourth-order valence-corrected chi connectivity index (χ4v) is 4.82. The first kappa shape index (κ1) is 22.9. The summed E-state index contributed by atoms with van der Waals surface area (Å²) in [5.41, 5.74) is 3.23. The third-order valence-electron chi connectivity index (χ3n) is 6.91. The van der Waals surface area contributed by atoms with Crippen LogP contribution >= 0.6 is 0 Å². The van der Waals surface area contributed by atoms with Crippen LogP contribution in [0.4, 0.5) is 5.82 Å². The molecule has 37 heavy (non-hydrogen) atoms. The minimum Gasteiger partial charge on any atom is -0.456 e. The van der Waals surface area contributed by atoms with Crippen molar-refractivity contribution in [3.05, 3.63) is 103 Å². The van der Waals surface area contributed by atoms with Gasteiger partial charge in [0, 0.05) is 36.6 Å². The molecule has 184 valence electrons. The largest absolute Gasteiger partial charge is 0.456 e. The molecular formula is C30H26N4O3. The predicted molar refractivity (Wildman–Crippen MR) is 143 cm³/mol. The average molecular weight is 491 g/mol. The summed E-state index contributed by atoms with van der Waals surface area (Å²) in [5, 5.41) is 4.10. The number of aromatic nitrogens is 3. The van der Waals surface area contributed by atoms with Crippen LogP contribution in [-0.2, 0) is 14.9 Å². The number of carbonyl (C=O) groups is 1. The highest BCUT2D eigenvalue weighted by Crippen LogP contribution is 2.37. The molecular weight excluding hydrogens is 464 g/mol. The van der Waals surface area contributed by atoms with Gasteiger partial charge in [-0.2, -0.15) is 0 Å². The summed E-state index contributed by atoms with van der Waals surface area (Å²) in [5.74, 6) is 1.74. The van der Waals surface area contributed by atoms with Crippen molar-refractivity contribution in [2.75, 3.05) is 18.5 Å². The van der Waals surface area contributed by atoms with Crippen molar-refractivity contribution in [1.82, 2.24) is 15.0 Å². The number of hydrogen-bond donors (Lipinski definition) is 2. The molecule has 0 unspecified atom stereocenters. The molecule has 2 N–H and O–H groups in total. The number of nitrogens with zero attached hydrogens (tertiary/aromatic N) is 2. The lowest BCUT2D eigenvalue weighted by Gasteiger charge is -2.36. The second-order valence-electron chi connectivity index (χ2n) is 9.16. The zero-order chi connectivity index (χ0) is 25.1. The van der Waals surface area contributed by atoms with E-state index < -0.39 is 5.41 Å². The highest BCUT2D eigenvalue weighted by molar-refractivity contribution is 5.98. The van der Waals surface area contributed by atoms with Crippen molar-refractivity contribution >= 4 is 22.8 Å². The molecule has 1 saturated heterocycles. The predicted octanol–water partition coefficient (Wildman–Crippen LogP) is 6.10. The van der Waals surface area contributed by atoms with Gasteiger partial charge in [0.15, 0.2) is 0 Å². The molecule has 5 aromatic rings. The monoisotopic (exact) mass is 490 g/mol. The van der Waals surface area contributed by atoms with Crippen LogP contribution in [0.5, 0.6) is 11.5 Å². The Bertz CT molecular complexity index is 1510. The van der Waals surface area contributed by atoms with E-state index in [-0.39, 0.29) is 5.91 Å². The van der Waals surface area contributed by atoms with E-state index in [0.717, 1.165) is 33.5 Å². The minimum absolute atomic E-state index is 0.0804. The molecule has 0 spiro atoms. The first-order chi connectivity index (χ1) is 18.2. The van der Waals surface area contributed by atoms with Crippen LogP contribution in [0.25, 0.3) is 22.2 Å². The van der Waals surface area contributed by atoms with Crippen LogP contribution in [0.15, 0.2) is 97.5 Å². The molecule has 1 aliphatic heterocycles. The highest BCUT2D eigenvalue weighted by Gasteiger charge is 2.42. The molecule has 6 rings (SSSR count). The molecule has 0 aliphatic carbocycles. The molecule has 0 radical (unpaired) electrons. The maximum atomic E-state index is 13.7. The van der Waals surface area contributed by atoms with E-state index in [2.05, 4.69) is 38.5 Å². The summed E-state index contributed by atoms with van der Waals surface area (Å²) in [6.07, 6.45) is 6.57. The third kappa shape index (κ3) is 4.69. The van der Waals surface area contributed by atoms with E-state index in [1.165, 1.54) is 0 Å². The molecule has 1 amide bonds. The van der Waals surface area contributed by atoms with Gasteiger partial charge in [0.25, 0.3) is 0 Å². The smallest absolute Gasteiger partial charge is 0.236 e. The Labute approximate surface area is 214 Å². The minimum atomic E-state index is -0.694. The molecule has 4 heterocycles. The van der Waals surface area contributed by atoms with Crippen LogP contribution < -0.4 is 10.1 Å². The number of fused-ring (bicyclic) bond motifs is 1. The summed E-state index contributed by atoms with van der Waals surface area (Å²) in [6.45, 7) is 1.06. The highest BCUT2D eigenvalue weighted by atomic mass is 16.5. The van der Waals surface area contributed by atoms with Gasteiger partial charge in [-0.15, -0.1) is 0 Å². The number of para-hydroxylation sites is 1. The number of pyridine rings is 2. The van der Waals surface area contributed by atoms with Crippen LogP contribution in [0.3, 0.4) is 0 Å². The lowest BCUT2D eigenvalue weighted by Crippen LogP contribution is -2.45. The lowest BCUT2D eigenvalue weighted by molar-refractivity contribution is -0.125. The number of amides is 1. The standard InChI is InChI=1S/C30H26N4O3/c35-29(34-27-11-10-26(20-32-27)37-25-4-2-1-3-5-25)30(13-16-36-17-14-30)24-8-6-21(7-9-24)23-18-22-12-15-31-28(22)33-19-23/h1-12,15,18-20H,13-14,16-17H2,(H,31,33)(H,32,34,35). The third-order valence-corrected chi connectivity index (χ3v) is 6.91. The Morgan fingerprint density at radius 3 is 2.43 bits per heavy atom. The number of nitrogens with one attached hydrogen (secondary N) is 2. The second kappa shape index (κ2) is 9.87. The summed E-state index contributed by atoms with van der Waals surface area (Å²) < 4.78 is 11.4. The van der Waals surface area contributed by atoms with E-state index in [1.807, 2.05) is 60.9 Å². The number of rotatable bonds is 6. The molecule has 1 aliphatic rings. The maximum Gasteiger partial charge on any atom is 0.236 e. The van der Waals surface area contributed by atoms with Gasteiger partial charge in [-0.05, 0) is 60.4 Å². The van der Waals surface area contributed by atoms with Gasteiger partial charge in [0.1, 0.15) is 23.0 Å². The Balaban J connectivity index is 1.22. The maximum absolute atomic E-state index is 13.7. The van der Waals surface area contributed by atoms with E-state index in [0.29, 0.717) is 37.6 Å². The van der Waals surface area contributed by atoms with Crippen LogP contribution in [0, 0.1) is 0 Å². The SMILES string of the molecule is O=C(Nc1ccc(Oc2ccccc2)cn1)C1(c2ccc(-c3cnc4[nH]ccc4c3)cc2)CCOCC1. The zero-order valence-electron chi connectivity index (χ0n) is 20.2. The second-order valence-corrected chi connectivity index (χ2v) is 9.16. The molecule has 2 aromatic carbocycles. The van der Waals surface area contributed by atoms with E-state index >= 15 is 0 Å². The molecule has 7 heteroatoms. The van der Waals surface area contributed by atoms with Gasteiger partial charge in [-0.1, -0.05) is 42.5 Å². The Morgan fingerprint density at radius 2 is 1.68 bits per heavy atom. The summed E-state index contributed by atoms with van der Waals surface area (Å²) in [6, 6.07) is 25.4. The number of aromatic amines is 1. The van der Waals surface area contributed by atoms with Crippen molar-refractivity contribution in [2.24, 2.45) is 0 Å². The van der Waals surface area contributed by atoms with E-state index in [1.54, 1.807) is 18.3 Å². The van der Waals surface area contributed by atoms with Crippen molar-refractivity contribution in [2.45, 2.75) is 18.3 Å². The van der Waals surface area contributed by atoms with Crippen LogP contribution in [0.1, 0.15) is 18.4 Å². The summed E-state index contributed by atoms with van der Waals surface area (Å²) in [4.78, 5) is 25.7. The van der Waals surface area contributed by atoms with Crippen molar-refractivity contribution in [3.8, 4) is 22.6 Å². The fourth-order valence-electron chi connectivity index (χ4n) is 4.82. The van der Waals surface area contributed by atoms with Crippen LogP contribution in [0.2, 0.25) is 0 Å². The molecule has 0 saturated carbocycles. The number of ether oxygens (including phenoxy) is 2. The first-order valence-corrected chi connectivity index (χ1v) is 12.3. The Hall–Kier alpha value is -4.49. The number of anilines is 1. The number of benzene rings is 2. The summed E-state index contributed by atoms with van der Waals surface area (Å²) in [7, 11) is 0. The van der Waals surface area contributed by atoms with E-state index in [4.69, 9.17) is 9.47 Å². The number of H-pyrrole nitrogens is 1. The van der Waals surface area contributed by atoms with Gasteiger partial charge < -0.3 is 19.8 Å². The molecule has 1 fully saturated rings. The van der Waals surface area contributed by atoms with E-state index in [9.17, 15) is 4.79 Å². The van der Waals surface area contributed by atoms with Crippen molar-refractivity contribution in [1.29, 1.82) is 0 Å². The molecule has 7 nitrogen and oxygen atoms in total. The fraction of sp³-hybridized carbons (Fsp3) is 0.167. The average Bonchev–Trinajstić information content (AvgIpc) is 3.43. The lowest BCUT2D eigenvalue weighted by atomic mass is 9.73. The quantitative estimate of drug-likeness (QED) is 0.300. The van der Waals surface area contributed by atoms with Gasteiger partial charge in [0.05, 0.1) is 11.6 Å². The molecule has 0 atom stereocenters. The zero-order valence-corrected chi connectivity index (χ0v) is 20.2. The van der Waals surface area contributed by atoms with Gasteiger partial charge >= 0.3 is 0 Å². The van der Waals surface area contributed by atoms with Gasteiger partial charge in [0.2, 0.25) is 5.91 Å².